The Morgan fingerprint density at radius 2 is 1.85 bits per heavy atom. The van der Waals surface area contributed by atoms with E-state index in [1.54, 1.807) is 16.7 Å². The fourth-order valence-corrected chi connectivity index (χ4v) is 2.99. The highest BCUT2D eigenvalue weighted by Crippen LogP contribution is 2.09. The van der Waals surface area contributed by atoms with E-state index < -0.39 is 0 Å². The van der Waals surface area contributed by atoms with Crippen molar-refractivity contribution in [2.75, 3.05) is 6.54 Å². The van der Waals surface area contributed by atoms with Crippen molar-refractivity contribution in [3.05, 3.63) is 70.4 Å². The maximum absolute atomic E-state index is 12.8. The molecule has 2 aromatic carbocycles. The molecular formula is C20H22FN3O2. The van der Waals surface area contributed by atoms with Gasteiger partial charge >= 0.3 is 5.69 Å². The van der Waals surface area contributed by atoms with E-state index in [0.29, 0.717) is 25.9 Å². The lowest BCUT2D eigenvalue weighted by atomic mass is 10.1. The number of imidazole rings is 1. The molecule has 136 valence electrons. The Hall–Kier alpha value is -2.89. The van der Waals surface area contributed by atoms with Gasteiger partial charge in [0.15, 0.2) is 0 Å². The number of aromatic amines is 1. The molecule has 0 radical (unpaired) electrons. The van der Waals surface area contributed by atoms with E-state index in [0.717, 1.165) is 29.4 Å². The molecule has 0 aliphatic carbocycles. The van der Waals surface area contributed by atoms with Crippen LogP contribution in [0.1, 0.15) is 24.8 Å². The van der Waals surface area contributed by atoms with Crippen LogP contribution in [0.5, 0.6) is 0 Å². The third-order valence-corrected chi connectivity index (χ3v) is 4.34. The van der Waals surface area contributed by atoms with Gasteiger partial charge in [-0.1, -0.05) is 24.3 Å². The van der Waals surface area contributed by atoms with Crippen LogP contribution in [0.2, 0.25) is 0 Å². The third-order valence-electron chi connectivity index (χ3n) is 4.34. The van der Waals surface area contributed by atoms with Gasteiger partial charge in [0, 0.05) is 19.5 Å². The Balaban J connectivity index is 1.38. The number of hydrogen-bond donors (Lipinski definition) is 2. The highest BCUT2D eigenvalue weighted by molar-refractivity contribution is 5.76. The first kappa shape index (κ1) is 17.9. The molecule has 1 amide bonds. The minimum atomic E-state index is -0.249. The second-order valence-electron chi connectivity index (χ2n) is 6.28. The van der Waals surface area contributed by atoms with Gasteiger partial charge in [-0.25, -0.2) is 9.18 Å². The van der Waals surface area contributed by atoms with Gasteiger partial charge in [0.05, 0.1) is 11.0 Å². The number of nitrogens with one attached hydrogen (secondary N) is 2. The van der Waals surface area contributed by atoms with E-state index in [1.165, 1.54) is 12.1 Å². The summed E-state index contributed by atoms with van der Waals surface area (Å²) in [4.78, 5) is 26.7. The average molecular weight is 355 g/mol. The van der Waals surface area contributed by atoms with Crippen molar-refractivity contribution in [1.82, 2.24) is 14.9 Å². The molecule has 1 aromatic heterocycles. The van der Waals surface area contributed by atoms with Crippen LogP contribution in [-0.2, 0) is 17.8 Å². The van der Waals surface area contributed by atoms with E-state index >= 15 is 0 Å². The zero-order chi connectivity index (χ0) is 18.4. The van der Waals surface area contributed by atoms with Gasteiger partial charge in [-0.3, -0.25) is 9.36 Å². The lowest BCUT2D eigenvalue weighted by molar-refractivity contribution is -0.121. The topological polar surface area (TPSA) is 66.9 Å². The first-order chi connectivity index (χ1) is 12.6. The fraction of sp³-hybridized carbons (Fsp3) is 0.300. The second kappa shape index (κ2) is 8.47. The van der Waals surface area contributed by atoms with Crippen LogP contribution in [-0.4, -0.2) is 22.0 Å². The molecule has 0 fully saturated rings. The molecule has 26 heavy (non-hydrogen) atoms. The highest BCUT2D eigenvalue weighted by Gasteiger charge is 2.06. The monoisotopic (exact) mass is 355 g/mol. The molecule has 0 atom stereocenters. The van der Waals surface area contributed by atoms with E-state index in [-0.39, 0.29) is 17.4 Å². The van der Waals surface area contributed by atoms with Crippen LogP contribution >= 0.6 is 0 Å². The maximum atomic E-state index is 12.8. The quantitative estimate of drug-likeness (QED) is 0.610. The minimum Gasteiger partial charge on any atom is -0.356 e. The molecule has 0 aliphatic rings. The summed E-state index contributed by atoms with van der Waals surface area (Å²) >= 11 is 0. The normalized spacial score (nSPS) is 11.0. The molecule has 2 N–H and O–H groups in total. The van der Waals surface area contributed by atoms with Gasteiger partial charge < -0.3 is 10.3 Å². The number of carbonyl (C=O) groups excluding carboxylic acids is 1. The number of nitrogens with zero attached hydrogens (tertiary/aromatic N) is 1. The maximum Gasteiger partial charge on any atom is 0.326 e. The lowest BCUT2D eigenvalue weighted by Gasteiger charge is -2.06. The van der Waals surface area contributed by atoms with Crippen molar-refractivity contribution in [3.63, 3.8) is 0 Å². The molecule has 0 bridgehead atoms. The molecule has 0 aliphatic heterocycles. The van der Waals surface area contributed by atoms with Gasteiger partial charge in [-0.2, -0.15) is 0 Å². The molecule has 0 unspecified atom stereocenters. The van der Waals surface area contributed by atoms with Gasteiger partial charge in [0.1, 0.15) is 5.82 Å². The molecule has 0 saturated heterocycles. The summed E-state index contributed by atoms with van der Waals surface area (Å²) in [5, 5.41) is 2.88. The van der Waals surface area contributed by atoms with Crippen molar-refractivity contribution >= 4 is 16.9 Å². The molecule has 5 nitrogen and oxygen atoms in total. The first-order valence-corrected chi connectivity index (χ1v) is 8.82. The van der Waals surface area contributed by atoms with Crippen LogP contribution in [0, 0.1) is 5.82 Å². The summed E-state index contributed by atoms with van der Waals surface area (Å²) < 4.78 is 14.5. The third kappa shape index (κ3) is 4.59. The molecular weight excluding hydrogens is 333 g/mol. The van der Waals surface area contributed by atoms with Gasteiger partial charge in [-0.15, -0.1) is 0 Å². The van der Waals surface area contributed by atoms with Crippen molar-refractivity contribution in [1.29, 1.82) is 0 Å². The van der Waals surface area contributed by atoms with Crippen molar-refractivity contribution in [3.8, 4) is 0 Å². The van der Waals surface area contributed by atoms with Crippen molar-refractivity contribution in [2.45, 2.75) is 32.2 Å². The van der Waals surface area contributed by atoms with Gasteiger partial charge in [0.2, 0.25) is 5.91 Å². The van der Waals surface area contributed by atoms with Crippen LogP contribution in [0.25, 0.3) is 11.0 Å². The summed E-state index contributed by atoms with van der Waals surface area (Å²) in [6.07, 6.45) is 2.59. The summed E-state index contributed by atoms with van der Waals surface area (Å²) in [5.74, 6) is -0.251. The smallest absolute Gasteiger partial charge is 0.326 e. The summed E-state index contributed by atoms with van der Waals surface area (Å²) in [6, 6.07) is 13.9. The van der Waals surface area contributed by atoms with E-state index in [2.05, 4.69) is 10.3 Å². The Kier molecular flexibility index (Phi) is 5.84. The molecule has 3 rings (SSSR count). The fourth-order valence-electron chi connectivity index (χ4n) is 2.99. The molecule has 1 heterocycles. The minimum absolute atomic E-state index is 0.00150. The summed E-state index contributed by atoms with van der Waals surface area (Å²) in [6.45, 7) is 1.08. The summed E-state index contributed by atoms with van der Waals surface area (Å²) in [7, 11) is 0. The van der Waals surface area contributed by atoms with Crippen LogP contribution in [0.4, 0.5) is 4.39 Å². The molecule has 3 aromatic rings. The standard InChI is InChI=1S/C20H22FN3O2/c21-16-11-9-15(10-12-16)5-3-8-19(25)22-13-4-14-24-18-7-2-1-6-17(18)23-20(24)26/h1-2,6-7,9-12H,3-5,8,13-14H2,(H,22,25)(H,23,26). The van der Waals surface area contributed by atoms with E-state index in [1.807, 2.05) is 24.3 Å². The summed E-state index contributed by atoms with van der Waals surface area (Å²) in [5.41, 5.74) is 2.60. The Morgan fingerprint density at radius 3 is 2.65 bits per heavy atom. The number of aromatic nitrogens is 2. The largest absolute Gasteiger partial charge is 0.356 e. The van der Waals surface area contributed by atoms with Crippen molar-refractivity contribution in [2.24, 2.45) is 0 Å². The number of fused-ring (bicyclic) bond motifs is 1. The Labute approximate surface area is 150 Å². The zero-order valence-electron chi connectivity index (χ0n) is 14.5. The number of aryl methyl sites for hydroxylation is 2. The second-order valence-corrected chi connectivity index (χ2v) is 6.28. The van der Waals surface area contributed by atoms with Crippen LogP contribution in [0.3, 0.4) is 0 Å². The van der Waals surface area contributed by atoms with E-state index in [4.69, 9.17) is 0 Å². The van der Waals surface area contributed by atoms with E-state index in [9.17, 15) is 14.0 Å². The number of carbonyl (C=O) groups is 1. The number of para-hydroxylation sites is 2. The van der Waals surface area contributed by atoms with Crippen LogP contribution in [0.15, 0.2) is 53.3 Å². The molecule has 0 saturated carbocycles. The predicted molar refractivity (Wildman–Crippen MR) is 99.5 cm³/mol. The lowest BCUT2D eigenvalue weighted by Crippen LogP contribution is -2.26. The molecule has 0 spiro atoms. The molecule has 6 heteroatoms. The zero-order valence-corrected chi connectivity index (χ0v) is 14.5. The number of benzene rings is 2. The van der Waals surface area contributed by atoms with Gasteiger partial charge in [-0.05, 0) is 49.1 Å². The highest BCUT2D eigenvalue weighted by atomic mass is 19.1. The number of amides is 1. The van der Waals surface area contributed by atoms with Crippen LogP contribution < -0.4 is 11.0 Å². The van der Waals surface area contributed by atoms with Gasteiger partial charge in [0.25, 0.3) is 0 Å². The number of rotatable bonds is 8. The predicted octanol–water partition coefficient (Wildman–Crippen LogP) is 3.00. The Morgan fingerprint density at radius 1 is 1.08 bits per heavy atom. The van der Waals surface area contributed by atoms with Crippen molar-refractivity contribution < 1.29 is 9.18 Å². The number of halogens is 1. The number of hydrogen-bond acceptors (Lipinski definition) is 2. The Bertz CT molecular complexity index is 928. The number of H-pyrrole nitrogens is 1. The SMILES string of the molecule is O=C(CCCc1ccc(F)cc1)NCCCn1c(=O)[nH]c2ccccc21. The first-order valence-electron chi connectivity index (χ1n) is 8.82. The average Bonchev–Trinajstić information content (AvgIpc) is 2.96.